The number of benzene rings is 1. The van der Waals surface area contributed by atoms with E-state index in [1.54, 1.807) is 36.6 Å². The molecule has 0 saturated heterocycles. The Balaban J connectivity index is 2.02. The van der Waals surface area contributed by atoms with Crippen LogP contribution in [0.5, 0.6) is 0 Å². The number of hydrogen-bond donors (Lipinski definition) is 1. The number of aryl methyl sites for hydroxylation is 1. The minimum Gasteiger partial charge on any atom is -0.448 e. The van der Waals surface area contributed by atoms with Crippen molar-refractivity contribution in [2.45, 2.75) is 20.0 Å². The normalized spacial score (nSPS) is 11.3. The molecule has 0 unspecified atom stereocenters. The number of carbonyl (C=O) groups excluding carboxylic acids is 2. The van der Waals surface area contributed by atoms with Crippen LogP contribution in [0.15, 0.2) is 35.7 Å². The Morgan fingerprint density at radius 1 is 1.32 bits per heavy atom. The van der Waals surface area contributed by atoms with Gasteiger partial charge in [-0.2, -0.15) is 5.26 Å². The molecule has 6 heteroatoms. The molecule has 1 amide bonds. The van der Waals surface area contributed by atoms with E-state index in [4.69, 9.17) is 10.00 Å². The summed E-state index contributed by atoms with van der Waals surface area (Å²) in [5.41, 5.74) is 1.56. The Morgan fingerprint density at radius 2 is 2.05 bits per heavy atom. The average molecular weight is 314 g/mol. The molecule has 0 aliphatic heterocycles. The molecule has 0 saturated carbocycles. The molecule has 112 valence electrons. The van der Waals surface area contributed by atoms with Crippen molar-refractivity contribution in [3.8, 4) is 6.07 Å². The van der Waals surface area contributed by atoms with E-state index in [9.17, 15) is 9.59 Å². The summed E-state index contributed by atoms with van der Waals surface area (Å²) in [6.45, 7) is 3.30. The fourth-order valence-corrected chi connectivity index (χ4v) is 2.58. The van der Waals surface area contributed by atoms with Gasteiger partial charge in [-0.1, -0.05) is 12.1 Å². The second-order valence-electron chi connectivity index (χ2n) is 4.63. The summed E-state index contributed by atoms with van der Waals surface area (Å²) in [7, 11) is 0. The number of para-hydroxylation sites is 1. The summed E-state index contributed by atoms with van der Waals surface area (Å²) in [5.74, 6) is -1.01. The molecular formula is C16H14N2O3S. The van der Waals surface area contributed by atoms with E-state index in [-0.39, 0.29) is 0 Å². The van der Waals surface area contributed by atoms with Crippen LogP contribution in [-0.4, -0.2) is 18.0 Å². The van der Waals surface area contributed by atoms with Crippen LogP contribution < -0.4 is 5.32 Å². The van der Waals surface area contributed by atoms with Gasteiger partial charge < -0.3 is 10.1 Å². The third-order valence-corrected chi connectivity index (χ3v) is 4.00. The van der Waals surface area contributed by atoms with Gasteiger partial charge in [-0.3, -0.25) is 4.79 Å². The smallest absolute Gasteiger partial charge is 0.349 e. The summed E-state index contributed by atoms with van der Waals surface area (Å²) in [5, 5.41) is 13.4. The van der Waals surface area contributed by atoms with Gasteiger partial charge in [0.25, 0.3) is 5.91 Å². The standard InChI is InChI=1S/C16H14N2O3S/c1-10-7-8-22-14(10)16(20)21-11(2)15(19)18-13-6-4-3-5-12(13)9-17/h3-8,11H,1-2H3,(H,18,19)/t11-/m1/s1. The van der Waals surface area contributed by atoms with E-state index >= 15 is 0 Å². The molecule has 0 aliphatic carbocycles. The molecule has 1 aromatic carbocycles. The number of amides is 1. The van der Waals surface area contributed by atoms with Gasteiger partial charge in [0.15, 0.2) is 6.10 Å². The largest absolute Gasteiger partial charge is 0.448 e. The SMILES string of the molecule is Cc1ccsc1C(=O)O[C@H](C)C(=O)Nc1ccccc1C#N. The van der Waals surface area contributed by atoms with Gasteiger partial charge in [0, 0.05) is 0 Å². The van der Waals surface area contributed by atoms with Crippen LogP contribution in [0.4, 0.5) is 5.69 Å². The number of hydrogen-bond acceptors (Lipinski definition) is 5. The number of nitriles is 1. The van der Waals surface area contributed by atoms with Gasteiger partial charge in [0.05, 0.1) is 11.3 Å². The van der Waals surface area contributed by atoms with Crippen LogP contribution in [0.3, 0.4) is 0 Å². The lowest BCUT2D eigenvalue weighted by atomic mass is 10.2. The number of thiophene rings is 1. The molecule has 1 N–H and O–H groups in total. The molecular weight excluding hydrogens is 300 g/mol. The molecule has 2 rings (SSSR count). The maximum absolute atomic E-state index is 12.1. The zero-order chi connectivity index (χ0) is 16.1. The van der Waals surface area contributed by atoms with Crippen molar-refractivity contribution in [1.82, 2.24) is 0 Å². The van der Waals surface area contributed by atoms with E-state index in [2.05, 4.69) is 5.32 Å². The van der Waals surface area contributed by atoms with Crippen molar-refractivity contribution < 1.29 is 14.3 Å². The van der Waals surface area contributed by atoms with Gasteiger partial charge in [-0.05, 0) is 43.0 Å². The number of ether oxygens (including phenoxy) is 1. The molecule has 0 bridgehead atoms. The van der Waals surface area contributed by atoms with Crippen molar-refractivity contribution >= 4 is 28.9 Å². The van der Waals surface area contributed by atoms with Crippen LogP contribution >= 0.6 is 11.3 Å². The van der Waals surface area contributed by atoms with E-state index in [0.717, 1.165) is 5.56 Å². The highest BCUT2D eigenvalue weighted by atomic mass is 32.1. The van der Waals surface area contributed by atoms with Crippen molar-refractivity contribution in [2.75, 3.05) is 5.32 Å². The minimum absolute atomic E-state index is 0.350. The number of anilines is 1. The number of esters is 1. The number of nitrogens with zero attached hydrogens (tertiary/aromatic N) is 1. The van der Waals surface area contributed by atoms with Crippen molar-refractivity contribution in [3.05, 3.63) is 51.7 Å². The lowest BCUT2D eigenvalue weighted by molar-refractivity contribution is -0.123. The predicted molar refractivity (Wildman–Crippen MR) is 83.7 cm³/mol. The van der Waals surface area contributed by atoms with Crippen molar-refractivity contribution in [1.29, 1.82) is 5.26 Å². The lowest BCUT2D eigenvalue weighted by Gasteiger charge is -2.14. The third-order valence-electron chi connectivity index (χ3n) is 3.01. The zero-order valence-electron chi connectivity index (χ0n) is 12.1. The number of nitrogens with one attached hydrogen (secondary N) is 1. The summed E-state index contributed by atoms with van der Waals surface area (Å²) in [6.07, 6.45) is -0.958. The first-order chi connectivity index (χ1) is 10.5. The maximum atomic E-state index is 12.1. The molecule has 0 spiro atoms. The molecule has 0 fully saturated rings. The monoisotopic (exact) mass is 314 g/mol. The van der Waals surface area contributed by atoms with Gasteiger partial charge >= 0.3 is 5.97 Å². The zero-order valence-corrected chi connectivity index (χ0v) is 12.9. The van der Waals surface area contributed by atoms with Crippen LogP contribution in [0, 0.1) is 18.3 Å². The highest BCUT2D eigenvalue weighted by Gasteiger charge is 2.21. The second-order valence-corrected chi connectivity index (χ2v) is 5.54. The predicted octanol–water partition coefficient (Wildman–Crippen LogP) is 3.11. The van der Waals surface area contributed by atoms with E-state index in [1.807, 2.05) is 12.1 Å². The fraction of sp³-hybridized carbons (Fsp3) is 0.188. The molecule has 22 heavy (non-hydrogen) atoms. The first-order valence-corrected chi connectivity index (χ1v) is 7.46. The maximum Gasteiger partial charge on any atom is 0.349 e. The highest BCUT2D eigenvalue weighted by molar-refractivity contribution is 7.12. The fourth-order valence-electron chi connectivity index (χ4n) is 1.77. The van der Waals surface area contributed by atoms with Gasteiger partial charge in [0.2, 0.25) is 0 Å². The average Bonchev–Trinajstić information content (AvgIpc) is 2.93. The minimum atomic E-state index is -0.958. The first kappa shape index (κ1) is 15.7. The molecule has 0 aliphatic rings. The summed E-state index contributed by atoms with van der Waals surface area (Å²) in [6, 6.07) is 10.4. The van der Waals surface area contributed by atoms with Gasteiger partial charge in [-0.15, -0.1) is 11.3 Å². The van der Waals surface area contributed by atoms with Crippen LogP contribution in [0.2, 0.25) is 0 Å². The highest BCUT2D eigenvalue weighted by Crippen LogP contribution is 2.18. The summed E-state index contributed by atoms with van der Waals surface area (Å²) < 4.78 is 5.16. The summed E-state index contributed by atoms with van der Waals surface area (Å²) >= 11 is 1.27. The summed E-state index contributed by atoms with van der Waals surface area (Å²) in [4.78, 5) is 24.5. The molecule has 1 heterocycles. The van der Waals surface area contributed by atoms with Crippen LogP contribution in [0.25, 0.3) is 0 Å². The third kappa shape index (κ3) is 3.51. The van der Waals surface area contributed by atoms with E-state index < -0.39 is 18.0 Å². The Hall–Kier alpha value is -2.65. The molecule has 1 atom stereocenters. The number of rotatable bonds is 4. The molecule has 1 aromatic heterocycles. The topological polar surface area (TPSA) is 79.2 Å². The van der Waals surface area contributed by atoms with E-state index in [1.165, 1.54) is 18.3 Å². The number of carbonyl (C=O) groups is 2. The lowest BCUT2D eigenvalue weighted by Crippen LogP contribution is -2.30. The molecule has 5 nitrogen and oxygen atoms in total. The van der Waals surface area contributed by atoms with Gasteiger partial charge in [0.1, 0.15) is 10.9 Å². The Kier molecular flexibility index (Phi) is 4.92. The Morgan fingerprint density at radius 3 is 2.68 bits per heavy atom. The van der Waals surface area contributed by atoms with E-state index in [0.29, 0.717) is 16.1 Å². The Labute approximate surface area is 132 Å². The van der Waals surface area contributed by atoms with Crippen LogP contribution in [-0.2, 0) is 9.53 Å². The quantitative estimate of drug-likeness (QED) is 0.879. The molecule has 2 aromatic rings. The van der Waals surface area contributed by atoms with Crippen LogP contribution in [0.1, 0.15) is 27.7 Å². The first-order valence-electron chi connectivity index (χ1n) is 6.58. The van der Waals surface area contributed by atoms with Crippen molar-refractivity contribution in [2.24, 2.45) is 0 Å². The van der Waals surface area contributed by atoms with Crippen molar-refractivity contribution in [3.63, 3.8) is 0 Å². The second kappa shape index (κ2) is 6.87. The molecule has 0 radical (unpaired) electrons. The Bertz CT molecular complexity index is 746. The van der Waals surface area contributed by atoms with Gasteiger partial charge in [-0.25, -0.2) is 4.79 Å².